The van der Waals surface area contributed by atoms with Crippen LogP contribution in [0.4, 0.5) is 0 Å². The Balaban J connectivity index is 0.00000225. The summed E-state index contributed by atoms with van der Waals surface area (Å²) in [7, 11) is 0. The second kappa shape index (κ2) is 9.65. The first kappa shape index (κ1) is 19.6. The molecule has 1 heterocycles. The molecule has 2 N–H and O–H groups in total. The van der Waals surface area contributed by atoms with E-state index in [1.165, 1.54) is 11.1 Å². The molecule has 134 valence electrons. The Labute approximate surface area is 167 Å². The molecular weight excluding hydrogens is 425 g/mol. The SMILES string of the molecule is CCNC(=NCCc1cccc(O)c1)N1CCc2ccccc2C1.I. The van der Waals surface area contributed by atoms with Gasteiger partial charge in [0.05, 0.1) is 0 Å². The zero-order valence-corrected chi connectivity index (χ0v) is 16.9. The molecule has 1 aliphatic rings. The molecule has 0 amide bonds. The predicted molar refractivity (Wildman–Crippen MR) is 114 cm³/mol. The van der Waals surface area contributed by atoms with Gasteiger partial charge in [0.25, 0.3) is 0 Å². The molecule has 4 nitrogen and oxygen atoms in total. The highest BCUT2D eigenvalue weighted by Crippen LogP contribution is 2.18. The fraction of sp³-hybridized carbons (Fsp3) is 0.350. The van der Waals surface area contributed by atoms with Crippen LogP contribution < -0.4 is 5.32 Å². The van der Waals surface area contributed by atoms with Gasteiger partial charge in [0.1, 0.15) is 5.75 Å². The molecule has 0 radical (unpaired) electrons. The van der Waals surface area contributed by atoms with Crippen LogP contribution in [0.1, 0.15) is 23.6 Å². The number of benzene rings is 2. The first-order valence-corrected chi connectivity index (χ1v) is 8.64. The van der Waals surface area contributed by atoms with Crippen LogP contribution in [0.2, 0.25) is 0 Å². The monoisotopic (exact) mass is 451 g/mol. The Hall–Kier alpha value is -1.76. The van der Waals surface area contributed by atoms with Crippen molar-refractivity contribution in [2.75, 3.05) is 19.6 Å². The molecule has 25 heavy (non-hydrogen) atoms. The first-order valence-electron chi connectivity index (χ1n) is 8.64. The molecule has 0 fully saturated rings. The minimum atomic E-state index is 0. The van der Waals surface area contributed by atoms with Gasteiger partial charge in [-0.2, -0.15) is 0 Å². The van der Waals surface area contributed by atoms with Crippen molar-refractivity contribution < 1.29 is 5.11 Å². The van der Waals surface area contributed by atoms with Crippen molar-refractivity contribution in [3.05, 3.63) is 65.2 Å². The Morgan fingerprint density at radius 2 is 1.96 bits per heavy atom. The van der Waals surface area contributed by atoms with Crippen LogP contribution in [0, 0.1) is 0 Å². The summed E-state index contributed by atoms with van der Waals surface area (Å²) in [5.74, 6) is 1.29. The number of halogens is 1. The van der Waals surface area contributed by atoms with Gasteiger partial charge in [-0.15, -0.1) is 24.0 Å². The van der Waals surface area contributed by atoms with Crippen molar-refractivity contribution in [1.82, 2.24) is 10.2 Å². The lowest BCUT2D eigenvalue weighted by Gasteiger charge is -2.31. The second-order valence-corrected chi connectivity index (χ2v) is 6.10. The van der Waals surface area contributed by atoms with Gasteiger partial charge in [-0.25, -0.2) is 0 Å². The number of aliphatic imine (C=N–C) groups is 1. The van der Waals surface area contributed by atoms with Gasteiger partial charge < -0.3 is 15.3 Å². The maximum Gasteiger partial charge on any atom is 0.194 e. The van der Waals surface area contributed by atoms with Gasteiger partial charge in [-0.3, -0.25) is 4.99 Å². The van der Waals surface area contributed by atoms with E-state index in [9.17, 15) is 5.11 Å². The molecule has 0 bridgehead atoms. The lowest BCUT2D eigenvalue weighted by molar-refractivity contribution is 0.379. The van der Waals surface area contributed by atoms with Crippen molar-refractivity contribution in [1.29, 1.82) is 0 Å². The summed E-state index contributed by atoms with van der Waals surface area (Å²) in [4.78, 5) is 7.11. The summed E-state index contributed by atoms with van der Waals surface area (Å²) in [6.07, 6.45) is 1.89. The van der Waals surface area contributed by atoms with E-state index in [1.807, 2.05) is 12.1 Å². The summed E-state index contributed by atoms with van der Waals surface area (Å²) >= 11 is 0. The molecule has 0 aliphatic carbocycles. The number of hydrogen-bond acceptors (Lipinski definition) is 2. The van der Waals surface area contributed by atoms with Crippen molar-refractivity contribution in [2.45, 2.75) is 26.3 Å². The smallest absolute Gasteiger partial charge is 0.194 e. The lowest BCUT2D eigenvalue weighted by Crippen LogP contribution is -2.44. The van der Waals surface area contributed by atoms with Crippen LogP contribution in [0.25, 0.3) is 0 Å². The number of rotatable bonds is 4. The zero-order chi connectivity index (χ0) is 16.8. The van der Waals surface area contributed by atoms with Crippen LogP contribution in [0.5, 0.6) is 5.75 Å². The number of fused-ring (bicyclic) bond motifs is 1. The highest BCUT2D eigenvalue weighted by molar-refractivity contribution is 14.0. The third kappa shape index (κ3) is 5.36. The maximum absolute atomic E-state index is 9.55. The minimum Gasteiger partial charge on any atom is -0.508 e. The summed E-state index contributed by atoms with van der Waals surface area (Å²) < 4.78 is 0. The average Bonchev–Trinajstić information content (AvgIpc) is 2.61. The highest BCUT2D eigenvalue weighted by atomic mass is 127. The molecule has 0 unspecified atom stereocenters. The average molecular weight is 451 g/mol. The third-order valence-corrected chi connectivity index (χ3v) is 4.34. The molecule has 5 heteroatoms. The van der Waals surface area contributed by atoms with Crippen LogP contribution >= 0.6 is 24.0 Å². The third-order valence-electron chi connectivity index (χ3n) is 4.34. The molecule has 0 saturated heterocycles. The summed E-state index contributed by atoms with van der Waals surface area (Å²) in [5, 5.41) is 13.0. The quantitative estimate of drug-likeness (QED) is 0.425. The number of nitrogens with zero attached hydrogens (tertiary/aromatic N) is 2. The van der Waals surface area contributed by atoms with Crippen molar-refractivity contribution in [2.24, 2.45) is 4.99 Å². The number of phenols is 1. The first-order chi connectivity index (χ1) is 11.8. The number of guanidine groups is 1. The minimum absolute atomic E-state index is 0. The fourth-order valence-electron chi connectivity index (χ4n) is 3.11. The van der Waals surface area contributed by atoms with Crippen molar-refractivity contribution >= 4 is 29.9 Å². The van der Waals surface area contributed by atoms with Gasteiger partial charge in [-0.05, 0) is 48.6 Å². The Kier molecular flexibility index (Phi) is 7.55. The number of hydrogen-bond donors (Lipinski definition) is 2. The maximum atomic E-state index is 9.55. The summed E-state index contributed by atoms with van der Waals surface area (Å²) in [5.41, 5.74) is 3.95. The molecule has 1 aliphatic heterocycles. The molecule has 2 aromatic rings. The van der Waals surface area contributed by atoms with Crippen molar-refractivity contribution in [3.63, 3.8) is 0 Å². The number of phenolic OH excluding ortho intramolecular Hbond substituents is 1. The standard InChI is InChI=1S/C20H25N3O.HI/c1-2-21-20(22-12-10-16-6-5-9-19(24)14-16)23-13-11-17-7-3-4-8-18(17)15-23;/h3-9,14,24H,2,10-13,15H2,1H3,(H,21,22);1H. The molecule has 3 rings (SSSR count). The van der Waals surface area contributed by atoms with Crippen molar-refractivity contribution in [3.8, 4) is 5.75 Å². The lowest BCUT2D eigenvalue weighted by atomic mass is 10.0. The molecule has 0 spiro atoms. The summed E-state index contributed by atoms with van der Waals surface area (Å²) in [6, 6.07) is 16.1. The predicted octanol–water partition coefficient (Wildman–Crippen LogP) is 3.58. The molecule has 0 aromatic heterocycles. The Bertz CT molecular complexity index is 718. The van der Waals surface area contributed by atoms with Gasteiger partial charge in [0, 0.05) is 26.2 Å². The zero-order valence-electron chi connectivity index (χ0n) is 14.6. The molecular formula is C20H26IN3O. The molecule has 0 atom stereocenters. The van der Waals surface area contributed by atoms with Crippen LogP contribution in [0.15, 0.2) is 53.5 Å². The molecule has 2 aromatic carbocycles. The Morgan fingerprint density at radius 1 is 1.16 bits per heavy atom. The fourth-order valence-corrected chi connectivity index (χ4v) is 3.11. The van der Waals surface area contributed by atoms with E-state index < -0.39 is 0 Å². The number of nitrogens with one attached hydrogen (secondary N) is 1. The van der Waals surface area contributed by atoms with Gasteiger partial charge in [-0.1, -0.05) is 36.4 Å². The van der Waals surface area contributed by atoms with Crippen LogP contribution in [-0.2, 0) is 19.4 Å². The Morgan fingerprint density at radius 3 is 2.72 bits per heavy atom. The van der Waals surface area contributed by atoms with E-state index in [-0.39, 0.29) is 24.0 Å². The summed E-state index contributed by atoms with van der Waals surface area (Å²) in [6.45, 7) is 5.58. The largest absolute Gasteiger partial charge is 0.508 e. The topological polar surface area (TPSA) is 47.9 Å². The van der Waals surface area contributed by atoms with Gasteiger partial charge in [0.2, 0.25) is 0 Å². The van der Waals surface area contributed by atoms with Gasteiger partial charge >= 0.3 is 0 Å². The number of aromatic hydroxyl groups is 1. The van der Waals surface area contributed by atoms with E-state index in [1.54, 1.807) is 12.1 Å². The van der Waals surface area contributed by atoms with E-state index >= 15 is 0 Å². The van der Waals surface area contributed by atoms with Crippen LogP contribution in [0.3, 0.4) is 0 Å². The van der Waals surface area contributed by atoms with Gasteiger partial charge in [0.15, 0.2) is 5.96 Å². The molecule has 0 saturated carbocycles. The van der Waals surface area contributed by atoms with E-state index in [4.69, 9.17) is 4.99 Å². The second-order valence-electron chi connectivity index (χ2n) is 6.10. The van der Waals surface area contributed by atoms with E-state index in [0.29, 0.717) is 12.3 Å². The van der Waals surface area contributed by atoms with E-state index in [2.05, 4.69) is 41.4 Å². The normalized spacial score (nSPS) is 13.8. The highest BCUT2D eigenvalue weighted by Gasteiger charge is 2.18. The van der Waals surface area contributed by atoms with Crippen LogP contribution in [-0.4, -0.2) is 35.6 Å². The van der Waals surface area contributed by atoms with E-state index in [0.717, 1.165) is 44.0 Å².